The molecular formula is C13H17BrN6O3. The molecule has 0 fully saturated rings. The first-order chi connectivity index (χ1) is 10.9. The Balaban J connectivity index is 1.84. The number of rotatable bonds is 7. The van der Waals surface area contributed by atoms with Gasteiger partial charge in [-0.3, -0.25) is 24.3 Å². The van der Waals surface area contributed by atoms with Crippen molar-refractivity contribution >= 4 is 27.5 Å². The second-order valence-electron chi connectivity index (χ2n) is 5.06. The maximum Gasteiger partial charge on any atom is 0.309 e. The Morgan fingerprint density at radius 1 is 1.48 bits per heavy atom. The van der Waals surface area contributed by atoms with Gasteiger partial charge in [-0.15, -0.1) is 0 Å². The first-order valence-electron chi connectivity index (χ1n) is 7.04. The summed E-state index contributed by atoms with van der Waals surface area (Å²) in [7, 11) is 0. The van der Waals surface area contributed by atoms with Crippen LogP contribution in [0.3, 0.4) is 0 Å². The van der Waals surface area contributed by atoms with Crippen molar-refractivity contribution in [2.45, 2.75) is 32.9 Å². The summed E-state index contributed by atoms with van der Waals surface area (Å²) in [5.41, 5.74) is 0.271. The average Bonchev–Trinajstić information content (AvgIpc) is 3.08. The molecule has 2 rings (SSSR count). The maximum atomic E-state index is 12.1. The number of nitrogens with one attached hydrogen (secondary N) is 1. The molecule has 23 heavy (non-hydrogen) atoms. The number of aromatic nitrogens is 4. The monoisotopic (exact) mass is 384 g/mol. The Morgan fingerprint density at radius 2 is 2.22 bits per heavy atom. The molecule has 0 saturated carbocycles. The Labute approximate surface area is 140 Å². The normalized spacial score (nSPS) is 12.1. The number of aryl methyl sites for hydroxylation is 1. The largest absolute Gasteiger partial charge is 0.354 e. The second kappa shape index (κ2) is 7.36. The molecule has 0 bridgehead atoms. The number of nitrogens with zero attached hydrogens (tertiary/aromatic N) is 5. The summed E-state index contributed by atoms with van der Waals surface area (Å²) in [5, 5.41) is 21.7. The van der Waals surface area contributed by atoms with Crippen LogP contribution in [0.4, 0.5) is 5.69 Å². The van der Waals surface area contributed by atoms with E-state index >= 15 is 0 Å². The van der Waals surface area contributed by atoms with Gasteiger partial charge in [-0.25, -0.2) is 0 Å². The van der Waals surface area contributed by atoms with Gasteiger partial charge >= 0.3 is 5.69 Å². The first kappa shape index (κ1) is 17.1. The third-order valence-electron chi connectivity index (χ3n) is 3.43. The minimum absolute atomic E-state index is 0.0890. The minimum Gasteiger partial charge on any atom is -0.354 e. The van der Waals surface area contributed by atoms with E-state index < -0.39 is 11.0 Å². The van der Waals surface area contributed by atoms with Crippen LogP contribution in [-0.4, -0.2) is 36.9 Å². The van der Waals surface area contributed by atoms with Gasteiger partial charge in [-0.05, 0) is 36.2 Å². The van der Waals surface area contributed by atoms with Crippen LogP contribution in [0.5, 0.6) is 0 Å². The average molecular weight is 385 g/mol. The van der Waals surface area contributed by atoms with E-state index in [1.54, 1.807) is 24.7 Å². The molecule has 1 unspecified atom stereocenters. The second-order valence-corrected chi connectivity index (χ2v) is 5.97. The fraction of sp³-hybridized carbons (Fsp3) is 0.462. The van der Waals surface area contributed by atoms with Crippen molar-refractivity contribution < 1.29 is 9.72 Å². The van der Waals surface area contributed by atoms with Crippen molar-refractivity contribution in [1.82, 2.24) is 24.9 Å². The van der Waals surface area contributed by atoms with E-state index in [4.69, 9.17) is 0 Å². The number of hydrogen-bond acceptors (Lipinski definition) is 5. The van der Waals surface area contributed by atoms with Crippen LogP contribution in [0.15, 0.2) is 23.1 Å². The summed E-state index contributed by atoms with van der Waals surface area (Å²) in [6.45, 7) is 4.41. The quantitative estimate of drug-likeness (QED) is 0.444. The molecule has 2 aromatic rings. The molecule has 2 aromatic heterocycles. The molecule has 10 heteroatoms. The van der Waals surface area contributed by atoms with Gasteiger partial charge < -0.3 is 5.32 Å². The van der Waals surface area contributed by atoms with Crippen molar-refractivity contribution in [2.24, 2.45) is 0 Å². The molecule has 2 heterocycles. The van der Waals surface area contributed by atoms with E-state index in [2.05, 4.69) is 31.4 Å². The van der Waals surface area contributed by atoms with Crippen LogP contribution < -0.4 is 5.32 Å². The number of halogens is 1. The van der Waals surface area contributed by atoms with Crippen LogP contribution in [0.1, 0.15) is 25.1 Å². The summed E-state index contributed by atoms with van der Waals surface area (Å²) < 4.78 is 4.05. The minimum atomic E-state index is -0.609. The van der Waals surface area contributed by atoms with Crippen molar-refractivity contribution in [1.29, 1.82) is 0 Å². The lowest BCUT2D eigenvalue weighted by Crippen LogP contribution is -2.33. The van der Waals surface area contributed by atoms with E-state index in [0.29, 0.717) is 18.8 Å². The number of amides is 1. The Kier molecular flexibility index (Phi) is 5.48. The van der Waals surface area contributed by atoms with Gasteiger partial charge in [0.1, 0.15) is 17.9 Å². The molecule has 124 valence electrons. The van der Waals surface area contributed by atoms with Gasteiger partial charge in [-0.2, -0.15) is 10.2 Å². The van der Waals surface area contributed by atoms with Crippen molar-refractivity contribution in [3.8, 4) is 0 Å². The van der Waals surface area contributed by atoms with Crippen LogP contribution in [0, 0.1) is 17.0 Å². The standard InChI is InChI=1S/C13H17BrN6O3/c1-9-12(20(22)23)7-17-19(9)10(2)13(21)15-4-3-5-18-8-11(14)6-16-18/h6-8,10H,3-5H2,1-2H3,(H,15,21). The van der Waals surface area contributed by atoms with Gasteiger partial charge in [0.05, 0.1) is 15.6 Å². The SMILES string of the molecule is Cc1c([N+](=O)[O-])cnn1C(C)C(=O)NCCCn1cc(Br)cn1. The lowest BCUT2D eigenvalue weighted by molar-refractivity contribution is -0.385. The molecule has 1 atom stereocenters. The zero-order valence-electron chi connectivity index (χ0n) is 12.8. The Morgan fingerprint density at radius 3 is 2.78 bits per heavy atom. The molecule has 0 aliphatic heterocycles. The van der Waals surface area contributed by atoms with Gasteiger partial charge in [0.15, 0.2) is 0 Å². The molecule has 1 N–H and O–H groups in total. The molecule has 9 nitrogen and oxygen atoms in total. The first-order valence-corrected chi connectivity index (χ1v) is 7.83. The summed E-state index contributed by atoms with van der Waals surface area (Å²) in [4.78, 5) is 22.4. The highest BCUT2D eigenvalue weighted by Crippen LogP contribution is 2.19. The topological polar surface area (TPSA) is 108 Å². The molecule has 0 spiro atoms. The van der Waals surface area contributed by atoms with Crippen molar-refractivity contribution in [3.63, 3.8) is 0 Å². The van der Waals surface area contributed by atoms with Gasteiger partial charge in [-0.1, -0.05) is 0 Å². The predicted octanol–water partition coefficient (Wildman–Crippen LogP) is 1.83. The smallest absolute Gasteiger partial charge is 0.309 e. The van der Waals surface area contributed by atoms with E-state index in [1.807, 2.05) is 6.20 Å². The predicted molar refractivity (Wildman–Crippen MR) is 85.9 cm³/mol. The fourth-order valence-corrected chi connectivity index (χ4v) is 2.48. The summed E-state index contributed by atoms with van der Waals surface area (Å²) in [6, 6.07) is -0.609. The number of carbonyl (C=O) groups is 1. The van der Waals surface area contributed by atoms with E-state index in [9.17, 15) is 14.9 Å². The zero-order valence-corrected chi connectivity index (χ0v) is 14.4. The van der Waals surface area contributed by atoms with Gasteiger partial charge in [0.25, 0.3) is 0 Å². The zero-order chi connectivity index (χ0) is 17.0. The third-order valence-corrected chi connectivity index (χ3v) is 3.84. The maximum absolute atomic E-state index is 12.1. The highest BCUT2D eigenvalue weighted by atomic mass is 79.9. The van der Waals surface area contributed by atoms with Gasteiger partial charge in [0, 0.05) is 19.3 Å². The van der Waals surface area contributed by atoms with Crippen molar-refractivity contribution in [3.05, 3.63) is 38.9 Å². The number of hydrogen-bond donors (Lipinski definition) is 1. The summed E-state index contributed by atoms with van der Waals surface area (Å²) in [5.74, 6) is -0.229. The molecule has 0 aliphatic rings. The lowest BCUT2D eigenvalue weighted by Gasteiger charge is -2.14. The third kappa shape index (κ3) is 4.15. The molecule has 0 saturated heterocycles. The van der Waals surface area contributed by atoms with E-state index in [1.165, 1.54) is 4.68 Å². The highest BCUT2D eigenvalue weighted by molar-refractivity contribution is 9.10. The van der Waals surface area contributed by atoms with E-state index in [0.717, 1.165) is 17.1 Å². The van der Waals surface area contributed by atoms with Crippen molar-refractivity contribution in [2.75, 3.05) is 6.54 Å². The van der Waals surface area contributed by atoms with Crippen LogP contribution in [-0.2, 0) is 11.3 Å². The molecule has 0 radical (unpaired) electrons. The molecule has 1 amide bonds. The van der Waals surface area contributed by atoms with Crippen LogP contribution in [0.25, 0.3) is 0 Å². The number of nitro groups is 1. The van der Waals surface area contributed by atoms with Crippen LogP contribution in [0.2, 0.25) is 0 Å². The fourth-order valence-electron chi connectivity index (χ4n) is 2.16. The van der Waals surface area contributed by atoms with Crippen LogP contribution >= 0.6 is 15.9 Å². The van der Waals surface area contributed by atoms with E-state index in [-0.39, 0.29) is 11.6 Å². The highest BCUT2D eigenvalue weighted by Gasteiger charge is 2.23. The summed E-state index contributed by atoms with van der Waals surface area (Å²) >= 11 is 3.32. The molecule has 0 aliphatic carbocycles. The number of carbonyl (C=O) groups excluding carboxylic acids is 1. The molecular weight excluding hydrogens is 368 g/mol. The summed E-state index contributed by atoms with van der Waals surface area (Å²) in [6.07, 6.45) is 5.45. The Hall–Kier alpha value is -2.23. The molecule has 0 aromatic carbocycles. The van der Waals surface area contributed by atoms with Gasteiger partial charge in [0.2, 0.25) is 5.91 Å². The lowest BCUT2D eigenvalue weighted by atomic mass is 10.3. The Bertz CT molecular complexity index is 710.